The molecule has 1 aromatic heterocycles. The number of allylic oxidation sites excluding steroid dienone is 1. The molecule has 0 spiro atoms. The number of hydrogen-bond donors (Lipinski definition) is 0. The molecule has 17 heavy (non-hydrogen) atoms. The smallest absolute Gasteiger partial charge is 0.229 e. The molecule has 0 bridgehead atoms. The first kappa shape index (κ1) is 11.5. The highest BCUT2D eigenvalue weighted by atomic mass is 35.5. The van der Waals surface area contributed by atoms with E-state index in [9.17, 15) is 4.79 Å². The number of rotatable bonds is 4. The SMILES string of the molecule is C=CCn1ncnc1C(=O)c1ccc(Cl)cc1. The van der Waals surface area contributed by atoms with Gasteiger partial charge in [-0.25, -0.2) is 9.67 Å². The molecule has 1 heterocycles. The van der Waals surface area contributed by atoms with E-state index in [4.69, 9.17) is 11.6 Å². The van der Waals surface area contributed by atoms with Crippen LogP contribution >= 0.6 is 11.6 Å². The van der Waals surface area contributed by atoms with Gasteiger partial charge in [-0.15, -0.1) is 6.58 Å². The number of nitrogens with zero attached hydrogens (tertiary/aromatic N) is 3. The normalized spacial score (nSPS) is 10.2. The van der Waals surface area contributed by atoms with Crippen LogP contribution in [0, 0.1) is 0 Å². The maximum absolute atomic E-state index is 12.1. The van der Waals surface area contributed by atoms with E-state index in [0.29, 0.717) is 23.0 Å². The molecule has 0 N–H and O–H groups in total. The summed E-state index contributed by atoms with van der Waals surface area (Å²) in [7, 11) is 0. The quantitative estimate of drug-likeness (QED) is 0.616. The Kier molecular flexibility index (Phi) is 3.35. The van der Waals surface area contributed by atoms with Gasteiger partial charge in [0.25, 0.3) is 0 Å². The first-order valence-electron chi connectivity index (χ1n) is 5.01. The molecule has 0 saturated carbocycles. The van der Waals surface area contributed by atoms with Crippen LogP contribution in [0.2, 0.25) is 5.02 Å². The van der Waals surface area contributed by atoms with E-state index in [2.05, 4.69) is 16.7 Å². The molecule has 0 fully saturated rings. The molecule has 0 aliphatic carbocycles. The van der Waals surface area contributed by atoms with Crippen molar-refractivity contribution in [2.24, 2.45) is 0 Å². The van der Waals surface area contributed by atoms with Gasteiger partial charge in [0.2, 0.25) is 5.78 Å². The van der Waals surface area contributed by atoms with Crippen molar-refractivity contribution in [2.45, 2.75) is 6.54 Å². The van der Waals surface area contributed by atoms with E-state index in [1.807, 2.05) is 0 Å². The second-order valence-electron chi connectivity index (χ2n) is 3.39. The third kappa shape index (κ3) is 2.42. The molecule has 5 heteroatoms. The molecular formula is C12H10ClN3O. The zero-order chi connectivity index (χ0) is 12.3. The second-order valence-corrected chi connectivity index (χ2v) is 3.83. The molecule has 0 saturated heterocycles. The fraction of sp³-hybridized carbons (Fsp3) is 0.0833. The highest BCUT2D eigenvalue weighted by Crippen LogP contribution is 2.12. The van der Waals surface area contributed by atoms with Crippen LogP contribution in [-0.4, -0.2) is 20.5 Å². The number of hydrogen-bond acceptors (Lipinski definition) is 3. The molecule has 0 atom stereocenters. The lowest BCUT2D eigenvalue weighted by atomic mass is 10.1. The molecule has 0 unspecified atom stereocenters. The average molecular weight is 248 g/mol. The van der Waals surface area contributed by atoms with E-state index in [-0.39, 0.29) is 5.78 Å². The third-order valence-electron chi connectivity index (χ3n) is 2.23. The van der Waals surface area contributed by atoms with E-state index < -0.39 is 0 Å². The Bertz CT molecular complexity index is 545. The van der Waals surface area contributed by atoms with Gasteiger partial charge in [-0.1, -0.05) is 17.7 Å². The summed E-state index contributed by atoms with van der Waals surface area (Å²) in [5.74, 6) is 0.119. The zero-order valence-electron chi connectivity index (χ0n) is 9.01. The van der Waals surface area contributed by atoms with Crippen LogP contribution in [0.5, 0.6) is 0 Å². The second kappa shape index (κ2) is 4.93. The minimum atomic E-state index is -0.180. The summed E-state index contributed by atoms with van der Waals surface area (Å²) in [6.45, 7) is 4.06. The van der Waals surface area contributed by atoms with Crippen LogP contribution in [0.25, 0.3) is 0 Å². The first-order valence-corrected chi connectivity index (χ1v) is 5.39. The van der Waals surface area contributed by atoms with Gasteiger partial charge in [0.1, 0.15) is 6.33 Å². The Hall–Kier alpha value is -1.94. The molecule has 1 aromatic carbocycles. The average Bonchev–Trinajstić information content (AvgIpc) is 2.78. The van der Waals surface area contributed by atoms with E-state index in [0.717, 1.165) is 0 Å². The van der Waals surface area contributed by atoms with Crippen molar-refractivity contribution in [1.82, 2.24) is 14.8 Å². The van der Waals surface area contributed by atoms with Crippen LogP contribution in [0.1, 0.15) is 16.2 Å². The van der Waals surface area contributed by atoms with Gasteiger partial charge in [-0.3, -0.25) is 4.79 Å². The molecule has 0 aliphatic rings. The van der Waals surface area contributed by atoms with Gasteiger partial charge < -0.3 is 0 Å². The van der Waals surface area contributed by atoms with Crippen LogP contribution < -0.4 is 0 Å². The van der Waals surface area contributed by atoms with Crippen LogP contribution in [-0.2, 0) is 6.54 Å². The molecule has 0 amide bonds. The summed E-state index contributed by atoms with van der Waals surface area (Å²) in [6, 6.07) is 6.67. The molecule has 0 aliphatic heterocycles. The molecular weight excluding hydrogens is 238 g/mol. The minimum absolute atomic E-state index is 0.180. The Morgan fingerprint density at radius 2 is 2.12 bits per heavy atom. The third-order valence-corrected chi connectivity index (χ3v) is 2.48. The fourth-order valence-corrected chi connectivity index (χ4v) is 1.55. The monoisotopic (exact) mass is 247 g/mol. The van der Waals surface area contributed by atoms with Crippen LogP contribution in [0.3, 0.4) is 0 Å². The number of benzene rings is 1. The van der Waals surface area contributed by atoms with E-state index >= 15 is 0 Å². The van der Waals surface area contributed by atoms with E-state index in [1.165, 1.54) is 11.0 Å². The maximum atomic E-state index is 12.1. The van der Waals surface area contributed by atoms with Gasteiger partial charge >= 0.3 is 0 Å². The molecule has 0 radical (unpaired) electrons. The number of carbonyl (C=O) groups is 1. The van der Waals surface area contributed by atoms with E-state index in [1.54, 1.807) is 30.3 Å². The minimum Gasteiger partial charge on any atom is -0.285 e. The fourth-order valence-electron chi connectivity index (χ4n) is 1.43. The molecule has 86 valence electrons. The summed E-state index contributed by atoms with van der Waals surface area (Å²) in [5, 5.41) is 4.55. The first-order chi connectivity index (χ1) is 8.22. The summed E-state index contributed by atoms with van der Waals surface area (Å²) in [6.07, 6.45) is 3.01. The van der Waals surface area contributed by atoms with Crippen molar-refractivity contribution < 1.29 is 4.79 Å². The standard InChI is InChI=1S/C12H10ClN3O/c1-2-7-16-12(14-8-15-16)11(17)9-3-5-10(13)6-4-9/h2-6,8H,1,7H2. The van der Waals surface area contributed by atoms with Crippen molar-refractivity contribution in [1.29, 1.82) is 0 Å². The lowest BCUT2D eigenvalue weighted by Crippen LogP contribution is -2.12. The van der Waals surface area contributed by atoms with Gasteiger partial charge in [0.15, 0.2) is 5.82 Å². The molecule has 2 aromatic rings. The van der Waals surface area contributed by atoms with Gasteiger partial charge in [-0.05, 0) is 24.3 Å². The Morgan fingerprint density at radius 3 is 2.76 bits per heavy atom. The Morgan fingerprint density at radius 1 is 1.41 bits per heavy atom. The summed E-state index contributed by atoms with van der Waals surface area (Å²) >= 11 is 5.76. The number of carbonyl (C=O) groups excluding carboxylic acids is 1. The zero-order valence-corrected chi connectivity index (χ0v) is 9.76. The predicted octanol–water partition coefficient (Wildman–Crippen LogP) is 2.35. The summed E-state index contributed by atoms with van der Waals surface area (Å²) < 4.78 is 1.50. The Balaban J connectivity index is 2.33. The molecule has 2 rings (SSSR count). The van der Waals surface area contributed by atoms with Crippen molar-refractivity contribution in [3.63, 3.8) is 0 Å². The molecule has 4 nitrogen and oxygen atoms in total. The highest BCUT2D eigenvalue weighted by molar-refractivity contribution is 6.30. The lowest BCUT2D eigenvalue weighted by Gasteiger charge is -2.02. The number of halogens is 1. The van der Waals surface area contributed by atoms with Crippen molar-refractivity contribution in [3.05, 3.63) is 59.7 Å². The van der Waals surface area contributed by atoms with Crippen molar-refractivity contribution >= 4 is 17.4 Å². The maximum Gasteiger partial charge on any atom is 0.229 e. The van der Waals surface area contributed by atoms with Crippen molar-refractivity contribution in [3.8, 4) is 0 Å². The van der Waals surface area contributed by atoms with Gasteiger partial charge in [-0.2, -0.15) is 5.10 Å². The van der Waals surface area contributed by atoms with Crippen LogP contribution in [0.15, 0.2) is 43.2 Å². The Labute approximate surface area is 104 Å². The van der Waals surface area contributed by atoms with Crippen LogP contribution in [0.4, 0.5) is 0 Å². The van der Waals surface area contributed by atoms with Crippen molar-refractivity contribution in [2.75, 3.05) is 0 Å². The lowest BCUT2D eigenvalue weighted by molar-refractivity contribution is 0.102. The topological polar surface area (TPSA) is 47.8 Å². The largest absolute Gasteiger partial charge is 0.285 e. The van der Waals surface area contributed by atoms with Gasteiger partial charge in [0, 0.05) is 10.6 Å². The summed E-state index contributed by atoms with van der Waals surface area (Å²) in [4.78, 5) is 16.1. The van der Waals surface area contributed by atoms with Gasteiger partial charge in [0.05, 0.1) is 6.54 Å². The summed E-state index contributed by atoms with van der Waals surface area (Å²) in [5.41, 5.74) is 0.535. The predicted molar refractivity (Wildman–Crippen MR) is 65.1 cm³/mol. The number of ketones is 1. The number of aromatic nitrogens is 3. The highest BCUT2D eigenvalue weighted by Gasteiger charge is 2.15.